The van der Waals surface area contributed by atoms with Gasteiger partial charge in [-0.25, -0.2) is 0 Å². The summed E-state index contributed by atoms with van der Waals surface area (Å²) in [6.45, 7) is 7.97. The van der Waals surface area contributed by atoms with E-state index in [1.807, 2.05) is 0 Å². The first-order chi connectivity index (χ1) is 35.2. The molecule has 27 heteroatoms. The van der Waals surface area contributed by atoms with E-state index in [1.54, 1.807) is 41.5 Å². The molecule has 0 radical (unpaired) electrons. The molecule has 1 aliphatic heterocycles. The summed E-state index contributed by atoms with van der Waals surface area (Å²) >= 11 is 0. The van der Waals surface area contributed by atoms with Crippen LogP contribution in [-0.2, 0) is 64.0 Å². The SMILES string of the molecule is CC[C@H](C)[C@H](NC(=O)[C@@H](NC(=O)[C@@H]1CCCN1C(=O)[C@@H](N)CC(N)=O)[C@@H](C)CC)C(=O)N[C@@H](CO)C(=O)NCC(=O)N[C@@H](CC(C)C)C(=O)N[C@@H](Cc1ccc(O)cc1)C(=O)N[C@@H](CCC(N)=O)C(=O)NCC(=O)O. The zero-order chi connectivity index (χ0) is 56.7. The van der Waals surface area contributed by atoms with Crippen LogP contribution in [0.3, 0.4) is 0 Å². The van der Waals surface area contributed by atoms with Gasteiger partial charge in [-0.3, -0.25) is 57.5 Å². The molecule has 0 saturated carbocycles. The Kier molecular flexibility index (Phi) is 26.6. The van der Waals surface area contributed by atoms with Crippen molar-refractivity contribution in [3.8, 4) is 5.75 Å². The summed E-state index contributed by atoms with van der Waals surface area (Å²) in [7, 11) is 0. The Hall–Kier alpha value is -7.42. The van der Waals surface area contributed by atoms with Gasteiger partial charge in [0.15, 0.2) is 0 Å². The Morgan fingerprint density at radius 3 is 1.75 bits per heavy atom. The molecule has 0 unspecified atom stereocenters. The van der Waals surface area contributed by atoms with Crippen LogP contribution in [0.4, 0.5) is 0 Å². The molecule has 27 nitrogen and oxygen atoms in total. The third-order valence-corrected chi connectivity index (χ3v) is 12.5. The van der Waals surface area contributed by atoms with Crippen molar-refractivity contribution in [3.05, 3.63) is 29.8 Å². The Bertz CT molecular complexity index is 2200. The highest BCUT2D eigenvalue weighted by atomic mass is 16.4. The number of aromatic hydroxyl groups is 1. The molecule has 1 fully saturated rings. The number of carboxylic acids is 1. The van der Waals surface area contributed by atoms with Crippen molar-refractivity contribution in [1.82, 2.24) is 47.4 Å². The normalized spacial score (nSPS) is 16.7. The average Bonchev–Trinajstić information content (AvgIpc) is 3.85. The first-order valence-electron chi connectivity index (χ1n) is 24.8. The molecular weight excluding hydrogens is 985 g/mol. The molecule has 17 N–H and O–H groups in total. The van der Waals surface area contributed by atoms with Gasteiger partial charge in [-0.2, -0.15) is 0 Å². The fourth-order valence-corrected chi connectivity index (χ4v) is 7.87. The van der Waals surface area contributed by atoms with Crippen LogP contribution in [-0.4, -0.2) is 166 Å². The third kappa shape index (κ3) is 21.5. The van der Waals surface area contributed by atoms with Crippen LogP contribution in [0.1, 0.15) is 98.5 Å². The van der Waals surface area contributed by atoms with Crippen molar-refractivity contribution in [3.63, 3.8) is 0 Å². The smallest absolute Gasteiger partial charge is 0.322 e. The summed E-state index contributed by atoms with van der Waals surface area (Å²) in [6.07, 6.45) is 0.0950. The standard InChI is InChI=1S/C48H76N12O15/c1-7-25(5)39(59-47(74)40(26(6)8-2)58-45(72)34-10-9-17-60(34)48(75)29(49)20-36(51)64)46(73)57-33(23-61)42(69)52-21-37(65)54-31(18-24(3)4)43(70)56-32(19-27-11-13-28(62)14-12-27)44(71)55-30(15-16-35(50)63)41(68)53-22-38(66)67/h11-14,24-26,29-34,39-40,61-62H,7-10,15-23,49H2,1-6H3,(H2,50,63)(H2,51,64)(H,52,69)(H,53,68)(H,54,65)(H,55,71)(H,56,70)(H,57,73)(H,58,72)(H,59,74)(H,66,67)/t25-,26-,29-,30-,31-,32-,33-,34-,39-,40-/m0/s1. The number of nitrogens with two attached hydrogens (primary N) is 3. The number of nitrogens with one attached hydrogen (secondary N) is 8. The predicted octanol–water partition coefficient (Wildman–Crippen LogP) is -4.25. The van der Waals surface area contributed by atoms with Gasteiger partial charge in [-0.1, -0.05) is 66.5 Å². The maximum absolute atomic E-state index is 13.9. The Labute approximate surface area is 434 Å². The molecule has 1 saturated heterocycles. The number of hydrogen-bond acceptors (Lipinski definition) is 15. The molecule has 0 aromatic heterocycles. The number of carbonyl (C=O) groups is 12. The van der Waals surface area contributed by atoms with Crippen LogP contribution in [0.2, 0.25) is 0 Å². The predicted molar refractivity (Wildman–Crippen MR) is 267 cm³/mol. The number of carbonyl (C=O) groups excluding carboxylic acids is 11. The molecule has 1 heterocycles. The first kappa shape index (κ1) is 63.7. The molecular formula is C48H76N12O15. The van der Waals surface area contributed by atoms with Crippen molar-refractivity contribution < 1.29 is 72.9 Å². The molecule has 1 aromatic rings. The van der Waals surface area contributed by atoms with E-state index in [0.717, 1.165) is 0 Å². The number of aliphatic hydroxyl groups is 1. The Morgan fingerprint density at radius 2 is 1.20 bits per heavy atom. The zero-order valence-corrected chi connectivity index (χ0v) is 43.3. The van der Waals surface area contributed by atoms with E-state index in [1.165, 1.54) is 29.2 Å². The summed E-state index contributed by atoms with van der Waals surface area (Å²) in [5.41, 5.74) is 16.8. The molecule has 0 aliphatic carbocycles. The molecule has 0 spiro atoms. The number of aliphatic hydroxyl groups excluding tert-OH is 1. The van der Waals surface area contributed by atoms with Gasteiger partial charge in [-0.15, -0.1) is 0 Å². The first-order valence-corrected chi connectivity index (χ1v) is 24.8. The summed E-state index contributed by atoms with van der Waals surface area (Å²) < 4.78 is 0. The third-order valence-electron chi connectivity index (χ3n) is 12.5. The van der Waals surface area contributed by atoms with E-state index >= 15 is 0 Å². The number of carboxylic acid groups (broad SMARTS) is 1. The van der Waals surface area contributed by atoms with Crippen molar-refractivity contribution in [2.45, 2.75) is 148 Å². The van der Waals surface area contributed by atoms with E-state index in [9.17, 15) is 67.7 Å². The second-order valence-electron chi connectivity index (χ2n) is 19.0. The largest absolute Gasteiger partial charge is 0.508 e. The molecule has 11 amide bonds. The number of phenolic OH excluding ortho intramolecular Hbond substituents is 1. The van der Waals surface area contributed by atoms with E-state index < -0.39 is 157 Å². The fourth-order valence-electron chi connectivity index (χ4n) is 7.87. The number of aliphatic carboxylic acids is 1. The number of amides is 11. The highest BCUT2D eigenvalue weighted by molar-refractivity contribution is 5.98. The highest BCUT2D eigenvalue weighted by Gasteiger charge is 2.40. The molecule has 418 valence electrons. The van der Waals surface area contributed by atoms with Crippen molar-refractivity contribution in [2.24, 2.45) is 35.0 Å². The van der Waals surface area contributed by atoms with Crippen LogP contribution in [0.25, 0.3) is 0 Å². The topological polar surface area (TPSA) is 443 Å². The lowest BCUT2D eigenvalue weighted by atomic mass is 9.94. The zero-order valence-electron chi connectivity index (χ0n) is 43.3. The number of phenols is 1. The molecule has 10 atom stereocenters. The van der Waals surface area contributed by atoms with Gasteiger partial charge in [0.25, 0.3) is 0 Å². The summed E-state index contributed by atoms with van der Waals surface area (Å²) in [5.74, 6) is -12.0. The quantitative estimate of drug-likeness (QED) is 0.0325. The molecule has 2 rings (SSSR count). The maximum atomic E-state index is 13.9. The van der Waals surface area contributed by atoms with Gasteiger partial charge in [0.2, 0.25) is 65.0 Å². The Morgan fingerprint density at radius 1 is 0.667 bits per heavy atom. The van der Waals surface area contributed by atoms with Crippen molar-refractivity contribution in [2.75, 3.05) is 26.2 Å². The summed E-state index contributed by atoms with van der Waals surface area (Å²) in [5, 5.41) is 48.7. The van der Waals surface area contributed by atoms with E-state index in [4.69, 9.17) is 22.3 Å². The minimum atomic E-state index is -1.66. The average molecular weight is 1060 g/mol. The van der Waals surface area contributed by atoms with E-state index in [0.29, 0.717) is 24.8 Å². The second kappa shape index (κ2) is 31.3. The number of benzene rings is 1. The lowest BCUT2D eigenvalue weighted by molar-refractivity contribution is -0.141. The molecule has 0 bridgehead atoms. The minimum absolute atomic E-state index is 0.00330. The number of hydrogen-bond donors (Lipinski definition) is 14. The van der Waals surface area contributed by atoms with Crippen LogP contribution < -0.4 is 59.7 Å². The molecule has 1 aliphatic rings. The van der Waals surface area contributed by atoms with Crippen molar-refractivity contribution in [1.29, 1.82) is 0 Å². The number of rotatable bonds is 32. The highest BCUT2D eigenvalue weighted by Crippen LogP contribution is 2.21. The van der Waals surface area contributed by atoms with Crippen molar-refractivity contribution >= 4 is 70.9 Å². The second-order valence-corrected chi connectivity index (χ2v) is 19.0. The van der Waals surface area contributed by atoms with Gasteiger partial charge in [0.1, 0.15) is 54.6 Å². The number of likely N-dealkylation sites (tertiary alicyclic amines) is 1. The minimum Gasteiger partial charge on any atom is -0.508 e. The Balaban J connectivity index is 2.23. The number of nitrogens with zero attached hydrogens (tertiary/aromatic N) is 1. The lowest BCUT2D eigenvalue weighted by Gasteiger charge is -2.31. The number of primary amides is 2. The lowest BCUT2D eigenvalue weighted by Crippen LogP contribution is -2.61. The maximum Gasteiger partial charge on any atom is 0.322 e. The van der Waals surface area contributed by atoms with E-state index in [-0.39, 0.29) is 50.3 Å². The fraction of sp³-hybridized carbons (Fsp3) is 0.625. The summed E-state index contributed by atoms with van der Waals surface area (Å²) in [4.78, 5) is 157. The van der Waals surface area contributed by atoms with Crippen LogP contribution >= 0.6 is 0 Å². The summed E-state index contributed by atoms with van der Waals surface area (Å²) in [6, 6.07) is -5.12. The van der Waals surface area contributed by atoms with Gasteiger partial charge >= 0.3 is 5.97 Å². The van der Waals surface area contributed by atoms with Gasteiger partial charge < -0.3 is 80.0 Å². The van der Waals surface area contributed by atoms with Crippen LogP contribution in [0.5, 0.6) is 5.75 Å². The van der Waals surface area contributed by atoms with Gasteiger partial charge in [-0.05, 0) is 61.1 Å². The van der Waals surface area contributed by atoms with E-state index in [2.05, 4.69) is 42.5 Å². The monoisotopic (exact) mass is 1060 g/mol. The molecule has 1 aromatic carbocycles. The van der Waals surface area contributed by atoms with Crippen LogP contribution in [0, 0.1) is 17.8 Å². The van der Waals surface area contributed by atoms with Crippen LogP contribution in [0.15, 0.2) is 24.3 Å². The molecule has 75 heavy (non-hydrogen) atoms. The van der Waals surface area contributed by atoms with Gasteiger partial charge in [0.05, 0.1) is 25.6 Å². The van der Waals surface area contributed by atoms with Gasteiger partial charge in [0, 0.05) is 19.4 Å².